The smallest absolute Gasteiger partial charge is 0.240 e. The summed E-state index contributed by atoms with van der Waals surface area (Å²) in [5.74, 6) is 1.14. The monoisotopic (exact) mass is 365 g/mol. The number of hydrogen-bond donors (Lipinski definition) is 1. The van der Waals surface area contributed by atoms with Crippen molar-refractivity contribution >= 4 is 23.0 Å². The van der Waals surface area contributed by atoms with Crippen LogP contribution in [0.5, 0.6) is 11.5 Å². The van der Waals surface area contributed by atoms with E-state index in [0.717, 1.165) is 11.1 Å². The van der Waals surface area contributed by atoms with Gasteiger partial charge in [0.25, 0.3) is 0 Å². The van der Waals surface area contributed by atoms with Crippen molar-refractivity contribution in [3.8, 4) is 11.5 Å². The zero-order valence-electron chi connectivity index (χ0n) is 15.7. The van der Waals surface area contributed by atoms with Gasteiger partial charge in [0.05, 0.1) is 20.4 Å². The third-order valence-electron chi connectivity index (χ3n) is 4.41. The van der Waals surface area contributed by atoms with E-state index in [4.69, 9.17) is 9.47 Å². The van der Waals surface area contributed by atoms with Crippen molar-refractivity contribution < 1.29 is 14.3 Å². The molecule has 0 saturated carbocycles. The third-order valence-corrected chi connectivity index (χ3v) is 4.41. The maximum atomic E-state index is 12.1. The Kier molecular flexibility index (Phi) is 5.76. The molecule has 1 heterocycles. The van der Waals surface area contributed by atoms with Gasteiger partial charge in [-0.05, 0) is 41.8 Å². The van der Waals surface area contributed by atoms with E-state index in [1.165, 1.54) is 10.9 Å². The molecule has 0 saturated heterocycles. The molecule has 6 nitrogen and oxygen atoms in total. The average Bonchev–Trinajstić information content (AvgIpc) is 3.02. The summed E-state index contributed by atoms with van der Waals surface area (Å²) in [6, 6.07) is 13.6. The molecule has 0 atom stereocenters. The Morgan fingerprint density at radius 1 is 1.15 bits per heavy atom. The summed E-state index contributed by atoms with van der Waals surface area (Å²) in [7, 11) is 5.18. The number of carbonyl (C=O) groups excluding carboxylic acids is 1. The molecule has 140 valence electrons. The molecule has 6 heteroatoms. The first-order chi connectivity index (χ1) is 13.1. The van der Waals surface area contributed by atoms with Crippen molar-refractivity contribution in [2.24, 2.45) is 12.1 Å². The van der Waals surface area contributed by atoms with E-state index < -0.39 is 0 Å². The van der Waals surface area contributed by atoms with Crippen molar-refractivity contribution in [1.29, 1.82) is 0 Å². The summed E-state index contributed by atoms with van der Waals surface area (Å²) in [5.41, 5.74) is 5.71. The van der Waals surface area contributed by atoms with E-state index in [1.807, 2.05) is 25.2 Å². The van der Waals surface area contributed by atoms with Gasteiger partial charge in [-0.1, -0.05) is 18.2 Å². The van der Waals surface area contributed by atoms with Crippen LogP contribution in [0.25, 0.3) is 10.9 Å². The van der Waals surface area contributed by atoms with Crippen LogP contribution in [0.1, 0.15) is 17.5 Å². The molecule has 0 aliphatic heterocycles. The molecule has 3 aromatic rings. The van der Waals surface area contributed by atoms with E-state index in [-0.39, 0.29) is 5.91 Å². The number of nitrogens with zero attached hydrogens (tertiary/aromatic N) is 2. The minimum atomic E-state index is -0.125. The molecular weight excluding hydrogens is 342 g/mol. The van der Waals surface area contributed by atoms with Gasteiger partial charge in [-0.25, -0.2) is 5.43 Å². The number of hydrogen-bond acceptors (Lipinski definition) is 4. The maximum Gasteiger partial charge on any atom is 0.240 e. The number of carbonyl (C=O) groups is 1. The van der Waals surface area contributed by atoms with Gasteiger partial charge in [0.2, 0.25) is 5.91 Å². The SMILES string of the molecule is COc1ccc(C=NNC(=O)CCc2cn(C)c3ccccc23)cc1OC. The number of nitrogens with one attached hydrogen (secondary N) is 1. The number of ether oxygens (including phenoxy) is 2. The van der Waals surface area contributed by atoms with Gasteiger partial charge in [-0.2, -0.15) is 5.10 Å². The third kappa shape index (κ3) is 4.28. The molecular formula is C21H23N3O3. The fourth-order valence-electron chi connectivity index (χ4n) is 3.04. The van der Waals surface area contributed by atoms with Crippen molar-refractivity contribution in [1.82, 2.24) is 9.99 Å². The first-order valence-electron chi connectivity index (χ1n) is 8.69. The number of amides is 1. The summed E-state index contributed by atoms with van der Waals surface area (Å²) in [6.45, 7) is 0. The minimum absolute atomic E-state index is 0.125. The van der Waals surface area contributed by atoms with Gasteiger partial charge in [0, 0.05) is 30.6 Å². The fraction of sp³-hybridized carbons (Fsp3) is 0.238. The highest BCUT2D eigenvalue weighted by Gasteiger charge is 2.08. The Morgan fingerprint density at radius 3 is 2.70 bits per heavy atom. The topological polar surface area (TPSA) is 64.8 Å². The molecule has 0 fully saturated rings. The average molecular weight is 365 g/mol. The van der Waals surface area contributed by atoms with E-state index in [1.54, 1.807) is 32.6 Å². The Labute approximate surface area is 158 Å². The highest BCUT2D eigenvalue weighted by molar-refractivity contribution is 5.85. The quantitative estimate of drug-likeness (QED) is 0.516. The van der Waals surface area contributed by atoms with Crippen molar-refractivity contribution in [2.75, 3.05) is 14.2 Å². The lowest BCUT2D eigenvalue weighted by molar-refractivity contribution is -0.121. The van der Waals surface area contributed by atoms with Gasteiger partial charge >= 0.3 is 0 Å². The Balaban J connectivity index is 1.57. The van der Waals surface area contributed by atoms with Crippen LogP contribution in [0.4, 0.5) is 0 Å². The number of aryl methyl sites for hydroxylation is 2. The predicted octanol–water partition coefficient (Wildman–Crippen LogP) is 3.28. The van der Waals surface area contributed by atoms with Crippen LogP contribution in [0.2, 0.25) is 0 Å². The molecule has 0 aliphatic carbocycles. The van der Waals surface area contributed by atoms with E-state index in [2.05, 4.69) is 33.4 Å². The van der Waals surface area contributed by atoms with E-state index >= 15 is 0 Å². The number of hydrazone groups is 1. The van der Waals surface area contributed by atoms with Crippen LogP contribution in [-0.4, -0.2) is 30.9 Å². The van der Waals surface area contributed by atoms with E-state index in [9.17, 15) is 4.79 Å². The molecule has 1 N–H and O–H groups in total. The molecule has 1 aromatic heterocycles. The van der Waals surface area contributed by atoms with Crippen molar-refractivity contribution in [3.05, 3.63) is 59.8 Å². The summed E-state index contributed by atoms with van der Waals surface area (Å²) in [6.07, 6.45) is 4.69. The second kappa shape index (κ2) is 8.40. The molecule has 0 bridgehead atoms. The number of para-hydroxylation sites is 1. The molecule has 3 rings (SSSR count). The Bertz CT molecular complexity index is 976. The van der Waals surface area contributed by atoms with Crippen molar-refractivity contribution in [2.45, 2.75) is 12.8 Å². The first-order valence-corrected chi connectivity index (χ1v) is 8.69. The predicted molar refractivity (Wildman–Crippen MR) is 107 cm³/mol. The van der Waals surface area contributed by atoms with Crippen LogP contribution in [0.3, 0.4) is 0 Å². The number of fused-ring (bicyclic) bond motifs is 1. The highest BCUT2D eigenvalue weighted by Crippen LogP contribution is 2.26. The van der Waals surface area contributed by atoms with Gasteiger partial charge < -0.3 is 14.0 Å². The number of methoxy groups -OCH3 is 2. The van der Waals surface area contributed by atoms with Gasteiger partial charge in [-0.3, -0.25) is 4.79 Å². The molecule has 27 heavy (non-hydrogen) atoms. The van der Waals surface area contributed by atoms with Gasteiger partial charge in [0.1, 0.15) is 0 Å². The van der Waals surface area contributed by atoms with Crippen LogP contribution in [-0.2, 0) is 18.3 Å². The van der Waals surface area contributed by atoms with Crippen LogP contribution >= 0.6 is 0 Å². The summed E-state index contributed by atoms with van der Waals surface area (Å²) < 4.78 is 12.5. The lowest BCUT2D eigenvalue weighted by Crippen LogP contribution is -2.17. The van der Waals surface area contributed by atoms with E-state index in [0.29, 0.717) is 24.3 Å². The zero-order chi connectivity index (χ0) is 19.2. The first kappa shape index (κ1) is 18.5. The molecule has 2 aromatic carbocycles. The van der Waals surface area contributed by atoms with Crippen molar-refractivity contribution in [3.63, 3.8) is 0 Å². The van der Waals surface area contributed by atoms with Crippen LogP contribution < -0.4 is 14.9 Å². The maximum absolute atomic E-state index is 12.1. The molecule has 0 radical (unpaired) electrons. The fourth-order valence-corrected chi connectivity index (χ4v) is 3.04. The summed E-state index contributed by atoms with van der Waals surface area (Å²) >= 11 is 0. The summed E-state index contributed by atoms with van der Waals surface area (Å²) in [4.78, 5) is 12.1. The molecule has 0 spiro atoms. The zero-order valence-corrected chi connectivity index (χ0v) is 15.7. The highest BCUT2D eigenvalue weighted by atomic mass is 16.5. The number of rotatable bonds is 7. The van der Waals surface area contributed by atoms with Gasteiger partial charge in [0.15, 0.2) is 11.5 Å². The number of benzene rings is 2. The van der Waals surface area contributed by atoms with Crippen LogP contribution in [0, 0.1) is 0 Å². The Hall–Kier alpha value is -3.28. The normalized spacial score (nSPS) is 11.1. The molecule has 1 amide bonds. The number of aromatic nitrogens is 1. The van der Waals surface area contributed by atoms with Gasteiger partial charge in [-0.15, -0.1) is 0 Å². The molecule has 0 unspecified atom stereocenters. The van der Waals surface area contributed by atoms with Crippen LogP contribution in [0.15, 0.2) is 53.8 Å². The second-order valence-electron chi connectivity index (χ2n) is 6.19. The Morgan fingerprint density at radius 2 is 1.93 bits per heavy atom. The molecule has 0 aliphatic rings. The lowest BCUT2D eigenvalue weighted by atomic mass is 10.1. The largest absolute Gasteiger partial charge is 0.493 e. The summed E-state index contributed by atoms with van der Waals surface area (Å²) in [5, 5.41) is 5.21. The second-order valence-corrected chi connectivity index (χ2v) is 6.19. The minimum Gasteiger partial charge on any atom is -0.493 e. The lowest BCUT2D eigenvalue weighted by Gasteiger charge is -2.07. The standard InChI is InChI=1S/C21H23N3O3/c1-24-14-16(17-6-4-5-7-18(17)24)9-11-21(25)23-22-13-15-8-10-19(26-2)20(12-15)27-3/h4-8,10,12-14H,9,11H2,1-3H3,(H,23,25).